The third-order valence-electron chi connectivity index (χ3n) is 1.67. The van der Waals surface area contributed by atoms with Gasteiger partial charge >= 0.3 is 0 Å². The maximum Gasteiger partial charge on any atom is 0.203 e. The fraction of sp³-hybridized carbons (Fsp3) is 0.750. The van der Waals surface area contributed by atoms with Crippen LogP contribution in [0.15, 0.2) is 9.98 Å². The molecule has 1 atom stereocenters. The second-order valence-electron chi connectivity index (χ2n) is 2.71. The van der Waals surface area contributed by atoms with Gasteiger partial charge in [-0.2, -0.15) is 0 Å². The van der Waals surface area contributed by atoms with E-state index in [1.165, 1.54) is 0 Å². The highest BCUT2D eigenvalue weighted by Crippen LogP contribution is 1.94. The lowest BCUT2D eigenvalue weighted by Gasteiger charge is -2.14. The summed E-state index contributed by atoms with van der Waals surface area (Å²) in [6.07, 6.45) is 3.08. The first-order valence-corrected chi connectivity index (χ1v) is 4.32. The highest BCUT2D eigenvalue weighted by Gasteiger charge is 2.11. The smallest absolute Gasteiger partial charge is 0.203 e. The van der Waals surface area contributed by atoms with Crippen LogP contribution < -0.4 is 5.32 Å². The van der Waals surface area contributed by atoms with Gasteiger partial charge in [0, 0.05) is 12.8 Å². The van der Waals surface area contributed by atoms with E-state index in [1.807, 2.05) is 0 Å². The topological polar surface area (TPSA) is 57.0 Å². The summed E-state index contributed by atoms with van der Waals surface area (Å²) in [5.41, 5.74) is 0. The van der Waals surface area contributed by atoms with Crippen molar-refractivity contribution in [2.75, 3.05) is 13.1 Å². The van der Waals surface area contributed by atoms with E-state index in [-0.39, 0.29) is 0 Å². The fourth-order valence-electron chi connectivity index (χ4n) is 0.979. The number of aliphatic hydroxyl groups is 1. The highest BCUT2D eigenvalue weighted by molar-refractivity contribution is 5.90. The van der Waals surface area contributed by atoms with Crippen molar-refractivity contribution in [2.24, 2.45) is 9.98 Å². The van der Waals surface area contributed by atoms with Crippen LogP contribution in [0.3, 0.4) is 0 Å². The van der Waals surface area contributed by atoms with Crippen LogP contribution in [0.1, 0.15) is 19.8 Å². The summed E-state index contributed by atoms with van der Waals surface area (Å²) in [6.45, 7) is 3.56. The van der Waals surface area contributed by atoms with Crippen LogP contribution in [0.2, 0.25) is 0 Å². The molecule has 0 saturated carbocycles. The number of hydrogen-bond donors (Lipinski definition) is 2. The molecule has 0 aromatic rings. The first kappa shape index (κ1) is 9.19. The van der Waals surface area contributed by atoms with Crippen molar-refractivity contribution in [3.8, 4) is 0 Å². The Bertz CT molecular complexity index is 189. The molecule has 1 aliphatic heterocycles. The number of nitrogens with one attached hydrogen (secondary N) is 1. The maximum atomic E-state index is 9.28. The van der Waals surface area contributed by atoms with Gasteiger partial charge in [0.25, 0.3) is 0 Å². The molecule has 0 spiro atoms. The van der Waals surface area contributed by atoms with Crippen molar-refractivity contribution in [1.82, 2.24) is 5.32 Å². The molecule has 12 heavy (non-hydrogen) atoms. The molecular formula is C8H15N3O. The number of amidine groups is 1. The second-order valence-corrected chi connectivity index (χ2v) is 2.71. The van der Waals surface area contributed by atoms with Crippen LogP contribution in [0, 0.1) is 0 Å². The highest BCUT2D eigenvalue weighted by atomic mass is 16.3. The van der Waals surface area contributed by atoms with Crippen molar-refractivity contribution in [2.45, 2.75) is 26.0 Å². The van der Waals surface area contributed by atoms with E-state index >= 15 is 0 Å². The first-order valence-electron chi connectivity index (χ1n) is 4.32. The summed E-state index contributed by atoms with van der Waals surface area (Å²) < 4.78 is 0. The van der Waals surface area contributed by atoms with Gasteiger partial charge in [0.15, 0.2) is 0 Å². The number of hydrogen-bond acceptors (Lipinski definition) is 4. The Hall–Kier alpha value is -0.900. The minimum atomic E-state index is -0.768. The molecule has 1 heterocycles. The number of nitrogens with zero attached hydrogens (tertiary/aromatic N) is 2. The number of aliphatic imine (C=N–C) groups is 2. The molecule has 0 radical (unpaired) electrons. The van der Waals surface area contributed by atoms with Crippen LogP contribution in [0.25, 0.3) is 0 Å². The quantitative estimate of drug-likeness (QED) is 0.592. The Morgan fingerprint density at radius 2 is 2.58 bits per heavy atom. The van der Waals surface area contributed by atoms with Crippen LogP contribution >= 0.6 is 0 Å². The fourth-order valence-corrected chi connectivity index (χ4v) is 0.979. The van der Waals surface area contributed by atoms with E-state index in [4.69, 9.17) is 0 Å². The van der Waals surface area contributed by atoms with Crippen LogP contribution in [-0.4, -0.2) is 36.5 Å². The molecule has 1 rings (SSSR count). The number of aliphatic hydroxyl groups excluding tert-OH is 1. The van der Waals surface area contributed by atoms with E-state index in [2.05, 4.69) is 22.2 Å². The third kappa shape index (κ3) is 2.62. The summed E-state index contributed by atoms with van der Waals surface area (Å²) in [6, 6.07) is 0. The van der Waals surface area contributed by atoms with Gasteiger partial charge in [-0.15, -0.1) is 0 Å². The molecule has 0 saturated heterocycles. The van der Waals surface area contributed by atoms with E-state index in [9.17, 15) is 5.11 Å². The van der Waals surface area contributed by atoms with E-state index in [0.29, 0.717) is 12.4 Å². The predicted octanol–water partition coefficient (Wildman–Crippen LogP) is 0.177. The van der Waals surface area contributed by atoms with E-state index < -0.39 is 6.23 Å². The lowest BCUT2D eigenvalue weighted by atomic mass is 10.3. The molecule has 1 unspecified atom stereocenters. The Morgan fingerprint density at radius 1 is 1.75 bits per heavy atom. The van der Waals surface area contributed by atoms with Gasteiger partial charge < -0.3 is 10.4 Å². The Labute approximate surface area is 72.4 Å². The molecule has 1 aliphatic rings. The van der Waals surface area contributed by atoms with Gasteiger partial charge in [0.2, 0.25) is 6.23 Å². The molecule has 2 N–H and O–H groups in total. The lowest BCUT2D eigenvalue weighted by molar-refractivity contribution is 0.246. The predicted molar refractivity (Wildman–Crippen MR) is 49.7 cm³/mol. The summed E-state index contributed by atoms with van der Waals surface area (Å²) in [5, 5.41) is 12.3. The van der Waals surface area contributed by atoms with Gasteiger partial charge in [-0.25, -0.2) is 0 Å². The third-order valence-corrected chi connectivity index (χ3v) is 1.67. The molecule has 0 fully saturated rings. The second kappa shape index (κ2) is 4.87. The largest absolute Gasteiger partial charge is 0.370 e. The average Bonchev–Trinajstić information content (AvgIpc) is 2.09. The number of rotatable bonds is 3. The van der Waals surface area contributed by atoms with Crippen molar-refractivity contribution in [3.05, 3.63) is 0 Å². The molecule has 0 aliphatic carbocycles. The van der Waals surface area contributed by atoms with Gasteiger partial charge in [-0.3, -0.25) is 9.98 Å². The molecular weight excluding hydrogens is 154 g/mol. The Morgan fingerprint density at radius 3 is 3.25 bits per heavy atom. The standard InChI is InChI=1S/C8H15N3O/c1-2-3-4-9-7-8(12)11-6-5-10-7/h6,8,12H,2-5H2,1H3,(H,9,10). The van der Waals surface area contributed by atoms with Crippen LogP contribution in [-0.2, 0) is 0 Å². The summed E-state index contributed by atoms with van der Waals surface area (Å²) in [5.74, 6) is 0.603. The van der Waals surface area contributed by atoms with Crippen molar-refractivity contribution in [3.63, 3.8) is 0 Å². The summed E-state index contributed by atoms with van der Waals surface area (Å²) in [7, 11) is 0. The van der Waals surface area contributed by atoms with E-state index in [1.54, 1.807) is 6.21 Å². The normalized spacial score (nSPS) is 22.2. The van der Waals surface area contributed by atoms with Gasteiger partial charge in [0.1, 0.15) is 5.84 Å². The zero-order chi connectivity index (χ0) is 8.81. The molecule has 0 bridgehead atoms. The minimum Gasteiger partial charge on any atom is -0.370 e. The monoisotopic (exact) mass is 169 g/mol. The summed E-state index contributed by atoms with van der Waals surface area (Å²) >= 11 is 0. The zero-order valence-corrected chi connectivity index (χ0v) is 7.32. The van der Waals surface area contributed by atoms with E-state index in [0.717, 1.165) is 19.4 Å². The number of unbranched alkanes of at least 4 members (excludes halogenated alkanes) is 1. The van der Waals surface area contributed by atoms with Crippen molar-refractivity contribution in [1.29, 1.82) is 0 Å². The molecule has 68 valence electrons. The van der Waals surface area contributed by atoms with Gasteiger partial charge in [-0.1, -0.05) is 13.3 Å². The lowest BCUT2D eigenvalue weighted by Crippen LogP contribution is -2.36. The maximum absolute atomic E-state index is 9.28. The molecule has 0 amide bonds. The first-order chi connectivity index (χ1) is 5.84. The van der Waals surface area contributed by atoms with Gasteiger partial charge in [0.05, 0.1) is 6.54 Å². The summed E-state index contributed by atoms with van der Waals surface area (Å²) in [4.78, 5) is 7.92. The van der Waals surface area contributed by atoms with Crippen LogP contribution in [0.4, 0.5) is 0 Å². The van der Waals surface area contributed by atoms with Gasteiger partial charge in [-0.05, 0) is 6.42 Å². The SMILES string of the molecule is CCCCNC1=NCC=NC1O. The average molecular weight is 169 g/mol. The van der Waals surface area contributed by atoms with Crippen molar-refractivity contribution < 1.29 is 5.11 Å². The zero-order valence-electron chi connectivity index (χ0n) is 7.32. The molecule has 4 nitrogen and oxygen atoms in total. The van der Waals surface area contributed by atoms with Crippen molar-refractivity contribution >= 4 is 12.1 Å². The molecule has 0 aromatic heterocycles. The Kier molecular flexibility index (Phi) is 3.73. The Balaban J connectivity index is 2.26. The van der Waals surface area contributed by atoms with Crippen LogP contribution in [0.5, 0.6) is 0 Å². The molecule has 0 aromatic carbocycles. The molecule has 4 heteroatoms. The minimum absolute atomic E-state index is 0.575.